The molecule has 2 heterocycles. The minimum atomic E-state index is -4.75. The highest BCUT2D eigenvalue weighted by Crippen LogP contribution is 2.32. The fraction of sp³-hybridized carbons (Fsp3) is 0.451. The Morgan fingerprint density at radius 1 is 0.552 bits per heavy atom. The number of hydrogen-bond acceptors (Lipinski definition) is 9. The first-order valence-electron chi connectivity index (χ1n) is 22.7. The molecular weight excluding hydrogens is 870 g/mol. The van der Waals surface area contributed by atoms with Crippen LogP contribution < -0.4 is 14.2 Å². The van der Waals surface area contributed by atoms with Crippen molar-refractivity contribution < 1.29 is 56.7 Å². The maximum Gasteiger partial charge on any atom is 0.573 e. The third kappa shape index (κ3) is 16.3. The molecule has 0 fully saturated rings. The molecular formula is C51H63F3N4O9. The van der Waals surface area contributed by atoms with E-state index in [4.69, 9.17) is 39.1 Å². The molecule has 0 saturated heterocycles. The van der Waals surface area contributed by atoms with E-state index in [0.29, 0.717) is 63.0 Å². The number of carboxylic acid groups (broad SMARTS) is 2. The van der Waals surface area contributed by atoms with E-state index < -0.39 is 18.3 Å². The first kappa shape index (κ1) is 51.8. The Kier molecular flexibility index (Phi) is 19.4. The van der Waals surface area contributed by atoms with Crippen molar-refractivity contribution >= 4 is 34.0 Å². The first-order chi connectivity index (χ1) is 32.1. The molecule has 0 spiro atoms. The van der Waals surface area contributed by atoms with Crippen LogP contribution in [0, 0.1) is 0 Å². The van der Waals surface area contributed by atoms with E-state index >= 15 is 0 Å². The van der Waals surface area contributed by atoms with Crippen molar-refractivity contribution in [3.63, 3.8) is 0 Å². The summed E-state index contributed by atoms with van der Waals surface area (Å²) in [6, 6.07) is 25.9. The molecule has 0 unspecified atom stereocenters. The number of fused-ring (bicyclic) bond motifs is 2. The van der Waals surface area contributed by atoms with Crippen LogP contribution in [0.2, 0.25) is 0 Å². The summed E-state index contributed by atoms with van der Waals surface area (Å²) in [6.45, 7) is 10.3. The van der Waals surface area contributed by atoms with E-state index in [0.717, 1.165) is 84.3 Å². The molecule has 0 aliphatic heterocycles. The van der Waals surface area contributed by atoms with E-state index in [1.165, 1.54) is 17.7 Å². The standard InChI is InChI=1S/C27H36N2O4.C24H27F3N2O5/c1-27(2,3)21-12-10-20(11-13-21)26-28-23-15-14-22(33-18-7-5-6-9-25(30)31)19-24(23)29(26)16-8-17-32-4;1-32-14-5-13-29-21-16-19(33-15-4-2-3-6-22(30)31)11-12-20(21)28-23(29)17-7-9-18(10-8-17)34-24(25,26)27/h10-15,19H,5-9,16-18H2,1-4H3,(H,30,31);7-12,16H,2-6,13-15H2,1H3,(H,30,31). The molecule has 67 heavy (non-hydrogen) atoms. The van der Waals surface area contributed by atoms with Crippen molar-refractivity contribution in [3.05, 3.63) is 90.5 Å². The number of ether oxygens (including phenoxy) is 5. The van der Waals surface area contributed by atoms with E-state index in [1.807, 2.05) is 34.9 Å². The van der Waals surface area contributed by atoms with E-state index in [1.54, 1.807) is 26.4 Å². The Bertz CT molecular complexity index is 2480. The van der Waals surface area contributed by atoms with Crippen molar-refractivity contribution in [2.75, 3.05) is 40.6 Å². The van der Waals surface area contributed by atoms with Crippen molar-refractivity contribution in [3.8, 4) is 40.0 Å². The third-order valence-corrected chi connectivity index (χ3v) is 10.9. The van der Waals surface area contributed by atoms with Gasteiger partial charge in [-0.2, -0.15) is 0 Å². The molecule has 362 valence electrons. The van der Waals surface area contributed by atoms with Crippen LogP contribution in [0.15, 0.2) is 84.9 Å². The van der Waals surface area contributed by atoms with E-state index in [-0.39, 0.29) is 24.0 Å². The van der Waals surface area contributed by atoms with E-state index in [2.05, 4.69) is 60.4 Å². The third-order valence-electron chi connectivity index (χ3n) is 10.9. The molecule has 6 rings (SSSR count). The molecule has 0 atom stereocenters. The minimum Gasteiger partial charge on any atom is -0.494 e. The molecule has 4 aromatic carbocycles. The number of methoxy groups -OCH3 is 2. The summed E-state index contributed by atoms with van der Waals surface area (Å²) in [6.07, 6.45) is 1.72. The van der Waals surface area contributed by atoms with Gasteiger partial charge in [-0.25, -0.2) is 9.97 Å². The maximum atomic E-state index is 12.5. The maximum absolute atomic E-state index is 12.5. The summed E-state index contributed by atoms with van der Waals surface area (Å²) in [4.78, 5) is 30.8. The molecule has 0 amide bonds. The SMILES string of the molecule is COCCCn1c(-c2ccc(C(C)(C)C)cc2)nc2ccc(OCCCCCC(=O)O)cc21.COCCCn1c(-c2ccc(OC(F)(F)F)cc2)nc2ccc(OCCCCCC(=O)O)cc21. The number of hydrogen-bond donors (Lipinski definition) is 2. The molecule has 0 bridgehead atoms. The largest absolute Gasteiger partial charge is 0.573 e. The average Bonchev–Trinajstić information content (AvgIpc) is 3.83. The van der Waals surface area contributed by atoms with Gasteiger partial charge in [-0.3, -0.25) is 9.59 Å². The van der Waals surface area contributed by atoms with E-state index in [9.17, 15) is 22.8 Å². The number of rotatable bonds is 25. The summed E-state index contributed by atoms with van der Waals surface area (Å²) in [5.41, 5.74) is 6.72. The zero-order valence-corrected chi connectivity index (χ0v) is 39.1. The van der Waals surface area contributed by atoms with Gasteiger partial charge in [0.25, 0.3) is 0 Å². The van der Waals surface area contributed by atoms with Crippen molar-refractivity contribution in [2.24, 2.45) is 0 Å². The Morgan fingerprint density at radius 3 is 1.36 bits per heavy atom. The van der Waals surface area contributed by atoms with Gasteiger partial charge in [-0.15, -0.1) is 13.2 Å². The highest BCUT2D eigenvalue weighted by molar-refractivity contribution is 5.83. The normalized spacial score (nSPS) is 11.7. The number of unbranched alkanes of at least 4 members (excludes halogenated alkanes) is 4. The molecule has 0 radical (unpaired) electrons. The average molecular weight is 933 g/mol. The van der Waals surface area contributed by atoms with Gasteiger partial charge in [0.15, 0.2) is 0 Å². The first-order valence-corrected chi connectivity index (χ1v) is 22.7. The second-order valence-electron chi connectivity index (χ2n) is 17.2. The van der Waals surface area contributed by atoms with Gasteiger partial charge < -0.3 is 43.0 Å². The summed E-state index contributed by atoms with van der Waals surface area (Å²) < 4.78 is 67.9. The zero-order valence-electron chi connectivity index (χ0n) is 39.1. The number of nitrogens with zero attached hydrogens (tertiary/aromatic N) is 4. The number of aromatic nitrogens is 4. The number of alkyl halides is 3. The molecule has 6 aromatic rings. The lowest BCUT2D eigenvalue weighted by Crippen LogP contribution is -2.17. The zero-order chi connectivity index (χ0) is 48.4. The summed E-state index contributed by atoms with van der Waals surface area (Å²) in [5.74, 6) is 1.21. The van der Waals surface area contributed by atoms with Gasteiger partial charge in [0, 0.05) is 76.6 Å². The molecule has 2 aromatic heterocycles. The molecule has 0 saturated carbocycles. The number of aliphatic carboxylic acids is 2. The van der Waals surface area contributed by atoms with Crippen LogP contribution in [0.25, 0.3) is 44.8 Å². The fourth-order valence-corrected chi connectivity index (χ4v) is 7.43. The van der Waals surface area contributed by atoms with Crippen molar-refractivity contribution in [1.29, 1.82) is 0 Å². The molecule has 0 aliphatic carbocycles. The van der Waals surface area contributed by atoms with Gasteiger partial charge in [-0.1, -0.05) is 45.0 Å². The Labute approximate surface area is 389 Å². The molecule has 16 heteroatoms. The van der Waals surface area contributed by atoms with Crippen LogP contribution in [0.5, 0.6) is 17.2 Å². The monoisotopic (exact) mass is 932 g/mol. The quantitative estimate of drug-likeness (QED) is 0.0527. The Balaban J connectivity index is 0.000000251. The second kappa shape index (κ2) is 25.1. The summed E-state index contributed by atoms with van der Waals surface area (Å²) in [7, 11) is 3.34. The van der Waals surface area contributed by atoms with Crippen LogP contribution in [0.4, 0.5) is 13.2 Å². The highest BCUT2D eigenvalue weighted by Gasteiger charge is 2.31. The fourth-order valence-electron chi connectivity index (χ4n) is 7.43. The van der Waals surface area contributed by atoms with Crippen molar-refractivity contribution in [2.45, 2.75) is 110 Å². The van der Waals surface area contributed by atoms with Crippen LogP contribution in [-0.4, -0.2) is 88.3 Å². The van der Waals surface area contributed by atoms with Crippen LogP contribution >= 0.6 is 0 Å². The highest BCUT2D eigenvalue weighted by atomic mass is 19.4. The lowest BCUT2D eigenvalue weighted by atomic mass is 9.87. The van der Waals surface area contributed by atoms with Gasteiger partial charge in [0.1, 0.15) is 28.9 Å². The van der Waals surface area contributed by atoms with Gasteiger partial charge in [-0.05, 0) is 111 Å². The Hall–Kier alpha value is -6.13. The summed E-state index contributed by atoms with van der Waals surface area (Å²) >= 11 is 0. The smallest absolute Gasteiger partial charge is 0.494 e. The number of carbonyl (C=O) groups is 2. The minimum absolute atomic E-state index is 0.108. The van der Waals surface area contributed by atoms with Gasteiger partial charge in [0.2, 0.25) is 0 Å². The summed E-state index contributed by atoms with van der Waals surface area (Å²) in [5, 5.41) is 17.4. The Morgan fingerprint density at radius 2 is 0.970 bits per heavy atom. The molecule has 2 N–H and O–H groups in total. The topological polar surface area (TPSA) is 156 Å². The number of benzene rings is 4. The van der Waals surface area contributed by atoms with Crippen LogP contribution in [0.3, 0.4) is 0 Å². The predicted molar refractivity (Wildman–Crippen MR) is 252 cm³/mol. The number of imidazole rings is 2. The second-order valence-corrected chi connectivity index (χ2v) is 17.2. The number of aryl methyl sites for hydroxylation is 2. The predicted octanol–water partition coefficient (Wildman–Crippen LogP) is 11.7. The van der Waals surface area contributed by atoms with Crippen LogP contribution in [-0.2, 0) is 37.6 Å². The van der Waals surface area contributed by atoms with Crippen molar-refractivity contribution in [1.82, 2.24) is 19.1 Å². The van der Waals surface area contributed by atoms with Gasteiger partial charge in [0.05, 0.1) is 35.3 Å². The van der Waals surface area contributed by atoms with Gasteiger partial charge >= 0.3 is 18.3 Å². The lowest BCUT2D eigenvalue weighted by Gasteiger charge is -2.19. The number of carboxylic acids is 2. The molecule has 0 aliphatic rings. The van der Waals surface area contributed by atoms with Crippen LogP contribution in [0.1, 0.15) is 90.5 Å². The molecule has 13 nitrogen and oxygen atoms in total. The lowest BCUT2D eigenvalue weighted by molar-refractivity contribution is -0.274. The number of halogens is 3.